The summed E-state index contributed by atoms with van der Waals surface area (Å²) in [6.45, 7) is 5.46. The first-order valence-corrected chi connectivity index (χ1v) is 5.20. The predicted molar refractivity (Wildman–Crippen MR) is 51.7 cm³/mol. The van der Waals surface area contributed by atoms with Crippen molar-refractivity contribution in [3.05, 3.63) is 0 Å². The average molecular weight is 192 g/mol. The van der Waals surface area contributed by atoms with Gasteiger partial charge in [-0.1, -0.05) is 0 Å². The van der Waals surface area contributed by atoms with Gasteiger partial charge >= 0.3 is 0 Å². The van der Waals surface area contributed by atoms with E-state index in [2.05, 4.69) is 5.32 Å². The third-order valence-electron chi connectivity index (χ3n) is 2.10. The van der Waals surface area contributed by atoms with Crippen LogP contribution in [0.3, 0.4) is 0 Å². The number of ether oxygens (including phenoxy) is 1. The van der Waals surface area contributed by atoms with E-state index in [9.17, 15) is 0 Å². The molecular formula is C9H18ClNO. The molecule has 12 heavy (non-hydrogen) atoms. The fourth-order valence-electron chi connectivity index (χ4n) is 1.15. The van der Waals surface area contributed by atoms with Gasteiger partial charge in [0.05, 0.1) is 6.61 Å². The largest absolute Gasteiger partial charge is 0.380 e. The molecule has 3 heteroatoms. The standard InChI is InChI=1S/C9H18ClNO/c1-2-12-6-5-11-7-9(10)8-3-4-8/h8-9,11H,2-7H2,1H3. The Kier molecular flexibility index (Phi) is 4.96. The van der Waals surface area contributed by atoms with Crippen LogP contribution in [0.25, 0.3) is 0 Å². The van der Waals surface area contributed by atoms with Crippen LogP contribution >= 0.6 is 11.6 Å². The summed E-state index contributed by atoms with van der Waals surface area (Å²) in [4.78, 5) is 0. The van der Waals surface area contributed by atoms with Crippen LogP contribution in [0.4, 0.5) is 0 Å². The first-order chi connectivity index (χ1) is 5.84. The molecule has 1 atom stereocenters. The van der Waals surface area contributed by atoms with E-state index in [1.807, 2.05) is 6.92 Å². The fourth-order valence-corrected chi connectivity index (χ4v) is 1.51. The molecule has 1 aliphatic rings. The Balaban J connectivity index is 1.81. The maximum atomic E-state index is 6.09. The molecule has 0 aromatic rings. The van der Waals surface area contributed by atoms with Crippen molar-refractivity contribution in [2.75, 3.05) is 26.3 Å². The van der Waals surface area contributed by atoms with Crippen LogP contribution in [0.5, 0.6) is 0 Å². The van der Waals surface area contributed by atoms with Crippen LogP contribution in [0.15, 0.2) is 0 Å². The van der Waals surface area contributed by atoms with E-state index in [-0.39, 0.29) is 0 Å². The van der Waals surface area contributed by atoms with E-state index >= 15 is 0 Å². The van der Waals surface area contributed by atoms with Crippen molar-refractivity contribution in [3.63, 3.8) is 0 Å². The van der Waals surface area contributed by atoms with E-state index in [4.69, 9.17) is 16.3 Å². The smallest absolute Gasteiger partial charge is 0.0590 e. The number of halogens is 1. The van der Waals surface area contributed by atoms with Crippen molar-refractivity contribution in [1.29, 1.82) is 0 Å². The summed E-state index contributed by atoms with van der Waals surface area (Å²) in [6, 6.07) is 0. The van der Waals surface area contributed by atoms with Crippen molar-refractivity contribution < 1.29 is 4.74 Å². The zero-order chi connectivity index (χ0) is 8.81. The van der Waals surface area contributed by atoms with Gasteiger partial charge in [0, 0.05) is 25.1 Å². The zero-order valence-electron chi connectivity index (χ0n) is 7.68. The van der Waals surface area contributed by atoms with E-state index in [0.717, 1.165) is 32.2 Å². The molecule has 1 unspecified atom stereocenters. The third kappa shape index (κ3) is 4.29. The molecule has 1 aliphatic carbocycles. The Morgan fingerprint density at radius 2 is 2.33 bits per heavy atom. The second kappa shape index (κ2) is 5.79. The summed E-state index contributed by atoms with van der Waals surface area (Å²) in [5.41, 5.74) is 0. The zero-order valence-corrected chi connectivity index (χ0v) is 8.44. The van der Waals surface area contributed by atoms with Gasteiger partial charge in [0.15, 0.2) is 0 Å². The highest BCUT2D eigenvalue weighted by Gasteiger charge is 2.28. The maximum Gasteiger partial charge on any atom is 0.0590 e. The molecule has 0 heterocycles. The van der Waals surface area contributed by atoms with E-state index in [1.54, 1.807) is 0 Å². The van der Waals surface area contributed by atoms with Crippen molar-refractivity contribution in [2.24, 2.45) is 5.92 Å². The lowest BCUT2D eigenvalue weighted by Gasteiger charge is -2.08. The topological polar surface area (TPSA) is 21.3 Å². The Hall–Kier alpha value is 0.210. The lowest BCUT2D eigenvalue weighted by Crippen LogP contribution is -2.27. The highest BCUT2D eigenvalue weighted by Crippen LogP contribution is 2.35. The number of hydrogen-bond acceptors (Lipinski definition) is 2. The molecule has 0 bridgehead atoms. The molecule has 1 rings (SSSR count). The predicted octanol–water partition coefficient (Wildman–Crippen LogP) is 1.63. The number of rotatable bonds is 7. The van der Waals surface area contributed by atoms with E-state index in [0.29, 0.717) is 5.38 Å². The summed E-state index contributed by atoms with van der Waals surface area (Å²) in [7, 11) is 0. The third-order valence-corrected chi connectivity index (χ3v) is 2.61. The van der Waals surface area contributed by atoms with Gasteiger partial charge in [-0.15, -0.1) is 11.6 Å². The number of nitrogens with one attached hydrogen (secondary N) is 1. The molecular weight excluding hydrogens is 174 g/mol. The Bertz CT molecular complexity index is 117. The molecule has 72 valence electrons. The highest BCUT2D eigenvalue weighted by atomic mass is 35.5. The van der Waals surface area contributed by atoms with Crippen LogP contribution in [-0.4, -0.2) is 31.7 Å². The molecule has 0 aliphatic heterocycles. The van der Waals surface area contributed by atoms with Gasteiger partial charge < -0.3 is 10.1 Å². The second-order valence-electron chi connectivity index (χ2n) is 3.25. The summed E-state index contributed by atoms with van der Waals surface area (Å²) < 4.78 is 5.19. The molecule has 0 aromatic carbocycles. The second-order valence-corrected chi connectivity index (χ2v) is 3.82. The van der Waals surface area contributed by atoms with Crippen LogP contribution < -0.4 is 5.32 Å². The van der Waals surface area contributed by atoms with Gasteiger partial charge in [-0.05, 0) is 25.7 Å². The first-order valence-electron chi connectivity index (χ1n) is 4.77. The SMILES string of the molecule is CCOCCNCC(Cl)C1CC1. The molecule has 0 saturated heterocycles. The van der Waals surface area contributed by atoms with Gasteiger partial charge in [0.2, 0.25) is 0 Å². The average Bonchev–Trinajstić information content (AvgIpc) is 2.86. The molecule has 1 saturated carbocycles. The normalized spacial score (nSPS) is 19.5. The molecule has 0 spiro atoms. The van der Waals surface area contributed by atoms with Crippen molar-refractivity contribution in [3.8, 4) is 0 Å². The van der Waals surface area contributed by atoms with Crippen LogP contribution in [0.2, 0.25) is 0 Å². The first kappa shape index (κ1) is 10.3. The molecule has 1 N–H and O–H groups in total. The van der Waals surface area contributed by atoms with Crippen molar-refractivity contribution >= 4 is 11.6 Å². The number of hydrogen-bond donors (Lipinski definition) is 1. The van der Waals surface area contributed by atoms with Gasteiger partial charge in [0.25, 0.3) is 0 Å². The Morgan fingerprint density at radius 3 is 2.92 bits per heavy atom. The van der Waals surface area contributed by atoms with Crippen LogP contribution in [-0.2, 0) is 4.74 Å². The summed E-state index contributed by atoms with van der Waals surface area (Å²) in [6.07, 6.45) is 2.64. The quantitative estimate of drug-likeness (QED) is 0.488. The lowest BCUT2D eigenvalue weighted by molar-refractivity contribution is 0.149. The van der Waals surface area contributed by atoms with E-state index in [1.165, 1.54) is 12.8 Å². The fraction of sp³-hybridized carbons (Fsp3) is 1.00. The minimum atomic E-state index is 0.339. The summed E-state index contributed by atoms with van der Waals surface area (Å²) in [5, 5.41) is 3.62. The van der Waals surface area contributed by atoms with Crippen LogP contribution in [0, 0.1) is 5.92 Å². The van der Waals surface area contributed by atoms with E-state index < -0.39 is 0 Å². The molecule has 0 amide bonds. The van der Waals surface area contributed by atoms with Gasteiger partial charge in [-0.3, -0.25) is 0 Å². The Labute approximate surface area is 79.6 Å². The van der Waals surface area contributed by atoms with Gasteiger partial charge in [-0.2, -0.15) is 0 Å². The molecule has 1 fully saturated rings. The highest BCUT2D eigenvalue weighted by molar-refractivity contribution is 6.21. The Morgan fingerprint density at radius 1 is 1.58 bits per heavy atom. The van der Waals surface area contributed by atoms with Crippen LogP contribution in [0.1, 0.15) is 19.8 Å². The summed E-state index contributed by atoms with van der Waals surface area (Å²) >= 11 is 6.09. The molecule has 0 aromatic heterocycles. The van der Waals surface area contributed by atoms with Gasteiger partial charge in [-0.25, -0.2) is 0 Å². The van der Waals surface area contributed by atoms with Crippen molar-refractivity contribution in [1.82, 2.24) is 5.32 Å². The lowest BCUT2D eigenvalue weighted by atomic mass is 10.3. The minimum absolute atomic E-state index is 0.339. The van der Waals surface area contributed by atoms with Gasteiger partial charge in [0.1, 0.15) is 0 Å². The molecule has 2 nitrogen and oxygen atoms in total. The number of alkyl halides is 1. The van der Waals surface area contributed by atoms with Crippen molar-refractivity contribution in [2.45, 2.75) is 25.1 Å². The molecule has 0 radical (unpaired) electrons. The summed E-state index contributed by atoms with van der Waals surface area (Å²) in [5.74, 6) is 0.784. The monoisotopic (exact) mass is 191 g/mol. The maximum absolute atomic E-state index is 6.09. The minimum Gasteiger partial charge on any atom is -0.380 e.